The number of nitrogens with one attached hydrogen (secondary N) is 1. The van der Waals surface area contributed by atoms with Crippen molar-refractivity contribution < 1.29 is 18.0 Å². The van der Waals surface area contributed by atoms with Gasteiger partial charge < -0.3 is 5.32 Å². The SMILES string of the molecule is O=C1N/C(=N\N=Cc2ccc(F)cc2)SC1Cc1ccc(SC(F)F)cc1. The van der Waals surface area contributed by atoms with Crippen LogP contribution < -0.4 is 5.32 Å². The van der Waals surface area contributed by atoms with Crippen LogP contribution in [0.25, 0.3) is 0 Å². The standard InChI is InChI=1S/C18H14F3N3OS2/c19-13-5-1-12(2-6-13)10-22-24-18-23-16(25)15(27-18)9-11-3-7-14(8-4-11)26-17(20)21/h1-8,10,15,17H,9H2,(H,23,24,25). The Morgan fingerprint density at radius 2 is 1.85 bits per heavy atom. The number of hydrogen-bond acceptors (Lipinski definition) is 5. The van der Waals surface area contributed by atoms with Gasteiger partial charge in [0.05, 0.1) is 11.5 Å². The zero-order valence-corrected chi connectivity index (χ0v) is 15.4. The Bertz CT molecular complexity index is 855. The second-order valence-electron chi connectivity index (χ2n) is 5.52. The third kappa shape index (κ3) is 5.86. The highest BCUT2D eigenvalue weighted by Crippen LogP contribution is 2.27. The van der Waals surface area contributed by atoms with Gasteiger partial charge in [0.1, 0.15) is 5.82 Å². The number of carbonyl (C=O) groups excluding carboxylic acids is 1. The van der Waals surface area contributed by atoms with Gasteiger partial charge in [-0.2, -0.15) is 13.9 Å². The zero-order valence-electron chi connectivity index (χ0n) is 13.8. The lowest BCUT2D eigenvalue weighted by Gasteiger charge is -2.06. The first-order valence-corrected chi connectivity index (χ1v) is 9.63. The lowest BCUT2D eigenvalue weighted by molar-refractivity contribution is -0.118. The summed E-state index contributed by atoms with van der Waals surface area (Å²) >= 11 is 1.74. The van der Waals surface area contributed by atoms with Crippen molar-refractivity contribution >= 4 is 40.8 Å². The van der Waals surface area contributed by atoms with E-state index in [0.717, 1.165) is 5.56 Å². The molecular formula is C18H14F3N3OS2. The van der Waals surface area contributed by atoms with E-state index in [4.69, 9.17) is 0 Å². The van der Waals surface area contributed by atoms with Crippen LogP contribution in [-0.2, 0) is 11.2 Å². The van der Waals surface area contributed by atoms with Crippen LogP contribution in [-0.4, -0.2) is 28.3 Å². The van der Waals surface area contributed by atoms with Crippen LogP contribution in [0.4, 0.5) is 13.2 Å². The van der Waals surface area contributed by atoms with Crippen LogP contribution in [0.3, 0.4) is 0 Å². The predicted octanol–water partition coefficient (Wildman–Crippen LogP) is 4.30. The second-order valence-corrected chi connectivity index (χ2v) is 7.78. The van der Waals surface area contributed by atoms with E-state index in [1.807, 2.05) is 0 Å². The molecule has 1 saturated heterocycles. The molecule has 2 aromatic rings. The number of nitrogens with zero attached hydrogens (tertiary/aromatic N) is 2. The molecular weight excluding hydrogens is 395 g/mol. The van der Waals surface area contributed by atoms with Crippen molar-refractivity contribution in [3.63, 3.8) is 0 Å². The van der Waals surface area contributed by atoms with Crippen LogP contribution in [0.1, 0.15) is 11.1 Å². The van der Waals surface area contributed by atoms with Crippen molar-refractivity contribution in [2.45, 2.75) is 22.3 Å². The van der Waals surface area contributed by atoms with Gasteiger partial charge in [0.25, 0.3) is 5.76 Å². The maximum atomic E-state index is 12.8. The number of hydrogen-bond donors (Lipinski definition) is 1. The minimum atomic E-state index is -2.46. The van der Waals surface area contributed by atoms with E-state index in [-0.39, 0.29) is 17.0 Å². The fraction of sp³-hybridized carbons (Fsp3) is 0.167. The molecule has 1 N–H and O–H groups in total. The summed E-state index contributed by atoms with van der Waals surface area (Å²) in [5.41, 5.74) is 1.56. The van der Waals surface area contributed by atoms with Gasteiger partial charge in [-0.1, -0.05) is 47.8 Å². The quantitative estimate of drug-likeness (QED) is 0.440. The molecule has 1 unspecified atom stereocenters. The highest BCUT2D eigenvalue weighted by atomic mass is 32.2. The minimum absolute atomic E-state index is 0.179. The normalized spacial score (nSPS) is 18.6. The molecule has 9 heteroatoms. The molecule has 2 aromatic carbocycles. The van der Waals surface area contributed by atoms with Crippen LogP contribution in [0, 0.1) is 5.82 Å². The van der Waals surface area contributed by atoms with Gasteiger partial charge in [-0.15, -0.1) is 5.10 Å². The van der Waals surface area contributed by atoms with E-state index >= 15 is 0 Å². The fourth-order valence-corrected chi connectivity index (χ4v) is 3.77. The van der Waals surface area contributed by atoms with Crippen molar-refractivity contribution in [3.05, 3.63) is 65.5 Å². The van der Waals surface area contributed by atoms with E-state index in [1.54, 1.807) is 36.4 Å². The summed E-state index contributed by atoms with van der Waals surface area (Å²) in [7, 11) is 0. The van der Waals surface area contributed by atoms with Crippen molar-refractivity contribution in [1.82, 2.24) is 5.32 Å². The number of rotatable bonds is 6. The van der Waals surface area contributed by atoms with Crippen LogP contribution in [0.2, 0.25) is 0 Å². The molecule has 1 aliphatic rings. The number of alkyl halides is 2. The van der Waals surface area contributed by atoms with E-state index in [1.165, 1.54) is 30.1 Å². The Labute approximate surface area is 162 Å². The summed E-state index contributed by atoms with van der Waals surface area (Å²) in [6, 6.07) is 12.5. The highest BCUT2D eigenvalue weighted by Gasteiger charge is 2.30. The maximum absolute atomic E-state index is 12.8. The molecule has 4 nitrogen and oxygen atoms in total. The Morgan fingerprint density at radius 1 is 1.15 bits per heavy atom. The topological polar surface area (TPSA) is 53.8 Å². The summed E-state index contributed by atoms with van der Waals surface area (Å²) in [4.78, 5) is 12.5. The van der Waals surface area contributed by atoms with Gasteiger partial charge in [-0.3, -0.25) is 4.79 Å². The molecule has 1 amide bonds. The van der Waals surface area contributed by atoms with Crippen LogP contribution in [0.15, 0.2) is 63.6 Å². The summed E-state index contributed by atoms with van der Waals surface area (Å²) < 4.78 is 37.5. The van der Waals surface area contributed by atoms with E-state index in [2.05, 4.69) is 15.5 Å². The molecule has 0 aromatic heterocycles. The lowest BCUT2D eigenvalue weighted by atomic mass is 10.1. The van der Waals surface area contributed by atoms with Crippen molar-refractivity contribution in [3.8, 4) is 0 Å². The minimum Gasteiger partial charge on any atom is -0.303 e. The van der Waals surface area contributed by atoms with Crippen molar-refractivity contribution in [2.75, 3.05) is 0 Å². The molecule has 140 valence electrons. The molecule has 0 aliphatic carbocycles. The van der Waals surface area contributed by atoms with Gasteiger partial charge in [-0.25, -0.2) is 4.39 Å². The highest BCUT2D eigenvalue weighted by molar-refractivity contribution is 8.15. The number of halogens is 3. The average Bonchev–Trinajstić information content (AvgIpc) is 2.97. The third-order valence-corrected chi connectivity index (χ3v) is 5.37. The van der Waals surface area contributed by atoms with Gasteiger partial charge in [0, 0.05) is 4.90 Å². The lowest BCUT2D eigenvalue weighted by Crippen LogP contribution is -2.25. The molecule has 0 spiro atoms. The second kappa shape index (κ2) is 9.09. The number of benzene rings is 2. The van der Waals surface area contributed by atoms with Crippen LogP contribution >= 0.6 is 23.5 Å². The molecule has 0 bridgehead atoms. The summed E-state index contributed by atoms with van der Waals surface area (Å²) in [6.07, 6.45) is 1.92. The van der Waals surface area contributed by atoms with E-state index < -0.39 is 5.76 Å². The number of carbonyl (C=O) groups is 1. The third-order valence-electron chi connectivity index (χ3n) is 3.57. The summed E-state index contributed by atoms with van der Waals surface area (Å²) in [5, 5.41) is 10.5. The molecule has 0 saturated carbocycles. The fourth-order valence-electron chi connectivity index (χ4n) is 2.30. The molecule has 1 atom stereocenters. The average molecular weight is 409 g/mol. The number of amides is 1. The Balaban J connectivity index is 1.57. The van der Waals surface area contributed by atoms with E-state index in [9.17, 15) is 18.0 Å². The molecule has 0 radical (unpaired) electrons. The monoisotopic (exact) mass is 409 g/mol. The number of amidine groups is 1. The van der Waals surface area contributed by atoms with Gasteiger partial charge in [0.15, 0.2) is 5.17 Å². The molecule has 1 aliphatic heterocycles. The zero-order chi connectivity index (χ0) is 19.2. The Morgan fingerprint density at radius 3 is 2.52 bits per heavy atom. The first-order chi connectivity index (χ1) is 13.0. The summed E-state index contributed by atoms with van der Waals surface area (Å²) in [5.74, 6) is -2.97. The predicted molar refractivity (Wildman–Crippen MR) is 103 cm³/mol. The Hall–Kier alpha value is -2.26. The first-order valence-electron chi connectivity index (χ1n) is 7.87. The largest absolute Gasteiger partial charge is 0.303 e. The summed E-state index contributed by atoms with van der Waals surface area (Å²) in [6.45, 7) is 0. The van der Waals surface area contributed by atoms with Crippen LogP contribution in [0.5, 0.6) is 0 Å². The smallest absolute Gasteiger partial charge is 0.288 e. The van der Waals surface area contributed by atoms with Crippen molar-refractivity contribution in [1.29, 1.82) is 0 Å². The van der Waals surface area contributed by atoms with Crippen molar-refractivity contribution in [2.24, 2.45) is 10.2 Å². The van der Waals surface area contributed by atoms with Gasteiger partial charge in [0.2, 0.25) is 5.91 Å². The molecule has 1 fully saturated rings. The van der Waals surface area contributed by atoms with Gasteiger partial charge >= 0.3 is 0 Å². The molecule has 3 rings (SSSR count). The molecule has 27 heavy (non-hydrogen) atoms. The first kappa shape index (κ1) is 19.5. The van der Waals surface area contributed by atoms with Gasteiger partial charge in [-0.05, 0) is 41.8 Å². The maximum Gasteiger partial charge on any atom is 0.288 e. The van der Waals surface area contributed by atoms with E-state index in [0.29, 0.717) is 33.8 Å². The Kier molecular flexibility index (Phi) is 6.57. The number of thioether (sulfide) groups is 2. The molecule has 1 heterocycles.